The first-order valence-corrected chi connectivity index (χ1v) is 11.2. The zero-order valence-electron chi connectivity index (χ0n) is 18.3. The van der Waals surface area contributed by atoms with Crippen molar-refractivity contribution in [1.82, 2.24) is 24.8 Å². The van der Waals surface area contributed by atoms with E-state index < -0.39 is 0 Å². The average molecular weight is 426 g/mol. The summed E-state index contributed by atoms with van der Waals surface area (Å²) >= 11 is 0. The third kappa shape index (κ3) is 4.14. The van der Waals surface area contributed by atoms with Crippen LogP contribution in [-0.2, 0) is 13.1 Å². The zero-order chi connectivity index (χ0) is 21.9. The van der Waals surface area contributed by atoms with Gasteiger partial charge in [0.15, 0.2) is 5.65 Å². The Labute approximate surface area is 187 Å². The van der Waals surface area contributed by atoms with E-state index >= 15 is 0 Å². The smallest absolute Gasteiger partial charge is 0.257 e. The van der Waals surface area contributed by atoms with E-state index in [0.29, 0.717) is 23.4 Å². The van der Waals surface area contributed by atoms with E-state index in [4.69, 9.17) is 0 Å². The third-order valence-corrected chi connectivity index (χ3v) is 6.12. The molecule has 1 amide bonds. The van der Waals surface area contributed by atoms with E-state index in [1.807, 2.05) is 19.1 Å². The van der Waals surface area contributed by atoms with Crippen molar-refractivity contribution < 1.29 is 4.79 Å². The summed E-state index contributed by atoms with van der Waals surface area (Å²) < 4.78 is 1.64. The molecule has 0 aliphatic carbocycles. The molecule has 4 aromatic rings. The summed E-state index contributed by atoms with van der Waals surface area (Å²) in [7, 11) is 0. The Balaban J connectivity index is 1.32. The van der Waals surface area contributed by atoms with Gasteiger partial charge in [0.05, 0.1) is 5.69 Å². The molecule has 3 heterocycles. The molecule has 1 aliphatic rings. The molecule has 0 radical (unpaired) electrons. The summed E-state index contributed by atoms with van der Waals surface area (Å²) in [4.78, 5) is 19.8. The molecule has 1 saturated heterocycles. The van der Waals surface area contributed by atoms with Crippen molar-refractivity contribution in [2.45, 2.75) is 32.9 Å². The van der Waals surface area contributed by atoms with Crippen molar-refractivity contribution in [2.75, 3.05) is 13.1 Å². The van der Waals surface area contributed by atoms with Crippen LogP contribution < -0.4 is 5.32 Å². The van der Waals surface area contributed by atoms with E-state index in [1.165, 1.54) is 31.5 Å². The highest BCUT2D eigenvalue weighted by Gasteiger charge is 2.18. The van der Waals surface area contributed by atoms with E-state index in [2.05, 4.69) is 56.7 Å². The first-order valence-electron chi connectivity index (χ1n) is 11.2. The van der Waals surface area contributed by atoms with E-state index in [0.717, 1.165) is 23.2 Å². The van der Waals surface area contributed by atoms with Gasteiger partial charge in [-0.3, -0.25) is 9.69 Å². The number of hydrogen-bond donors (Lipinski definition) is 1. The summed E-state index contributed by atoms with van der Waals surface area (Å²) in [6.07, 6.45) is 6.09. The van der Waals surface area contributed by atoms with Crippen LogP contribution >= 0.6 is 0 Å². The van der Waals surface area contributed by atoms with Crippen molar-refractivity contribution in [3.63, 3.8) is 0 Å². The average Bonchev–Trinajstić information content (AvgIpc) is 3.45. The molecule has 0 saturated carbocycles. The molecule has 5 rings (SSSR count). The van der Waals surface area contributed by atoms with Crippen LogP contribution in [0.5, 0.6) is 0 Å². The molecule has 32 heavy (non-hydrogen) atoms. The van der Waals surface area contributed by atoms with Gasteiger partial charge in [-0.1, -0.05) is 48.5 Å². The second-order valence-electron chi connectivity index (χ2n) is 8.37. The molecule has 2 aromatic carbocycles. The zero-order valence-corrected chi connectivity index (χ0v) is 18.3. The van der Waals surface area contributed by atoms with Crippen molar-refractivity contribution >= 4 is 11.6 Å². The minimum Gasteiger partial charge on any atom is -0.348 e. The number of amides is 1. The fourth-order valence-electron chi connectivity index (χ4n) is 4.47. The van der Waals surface area contributed by atoms with Crippen molar-refractivity contribution in [3.05, 3.63) is 89.4 Å². The topological polar surface area (TPSA) is 62.5 Å². The van der Waals surface area contributed by atoms with Crippen LogP contribution in [0.2, 0.25) is 0 Å². The normalized spacial score (nSPS) is 14.2. The van der Waals surface area contributed by atoms with Gasteiger partial charge >= 0.3 is 0 Å². The van der Waals surface area contributed by atoms with Crippen LogP contribution in [0.4, 0.5) is 0 Å². The van der Waals surface area contributed by atoms with Crippen LogP contribution in [0.3, 0.4) is 0 Å². The Kier molecular flexibility index (Phi) is 5.69. The summed E-state index contributed by atoms with van der Waals surface area (Å²) in [5.41, 5.74) is 6.48. The minimum absolute atomic E-state index is 0.160. The number of aryl methyl sites for hydroxylation is 1. The fraction of sp³-hybridized carbons (Fsp3) is 0.269. The van der Waals surface area contributed by atoms with Crippen LogP contribution in [0.15, 0.2) is 67.0 Å². The molecule has 2 aromatic heterocycles. The number of benzene rings is 2. The lowest BCUT2D eigenvalue weighted by Crippen LogP contribution is -2.23. The first-order chi connectivity index (χ1) is 15.7. The number of aromatic nitrogens is 3. The lowest BCUT2D eigenvalue weighted by atomic mass is 9.98. The summed E-state index contributed by atoms with van der Waals surface area (Å²) in [6.45, 7) is 5.69. The third-order valence-electron chi connectivity index (χ3n) is 6.12. The van der Waals surface area contributed by atoms with Gasteiger partial charge in [-0.2, -0.15) is 5.10 Å². The van der Waals surface area contributed by atoms with Crippen molar-refractivity contribution in [3.8, 4) is 11.1 Å². The van der Waals surface area contributed by atoms with Crippen molar-refractivity contribution in [2.24, 2.45) is 0 Å². The molecule has 0 atom stereocenters. The number of carbonyl (C=O) groups excluding carboxylic acids is 1. The highest BCUT2D eigenvalue weighted by atomic mass is 16.1. The predicted octanol–water partition coefficient (Wildman–Crippen LogP) is 4.23. The summed E-state index contributed by atoms with van der Waals surface area (Å²) in [6, 6.07) is 18.8. The highest BCUT2D eigenvalue weighted by Crippen LogP contribution is 2.25. The second kappa shape index (κ2) is 8.93. The molecular weight excluding hydrogens is 398 g/mol. The number of rotatable bonds is 6. The lowest BCUT2D eigenvalue weighted by Gasteiger charge is -2.15. The highest BCUT2D eigenvalue weighted by molar-refractivity contribution is 6.01. The van der Waals surface area contributed by atoms with Gasteiger partial charge in [-0.05, 0) is 61.2 Å². The Bertz CT molecular complexity index is 1240. The van der Waals surface area contributed by atoms with Gasteiger partial charge in [0.1, 0.15) is 5.56 Å². The van der Waals surface area contributed by atoms with Crippen LogP contribution in [0.1, 0.15) is 40.0 Å². The van der Waals surface area contributed by atoms with Crippen molar-refractivity contribution in [1.29, 1.82) is 0 Å². The molecule has 0 spiro atoms. The molecule has 6 nitrogen and oxygen atoms in total. The minimum atomic E-state index is -0.160. The lowest BCUT2D eigenvalue weighted by molar-refractivity contribution is 0.0952. The molecule has 1 N–H and O–H groups in total. The van der Waals surface area contributed by atoms with E-state index in [9.17, 15) is 4.79 Å². The monoisotopic (exact) mass is 425 g/mol. The molecule has 0 bridgehead atoms. The number of likely N-dealkylation sites (tertiary alicyclic amines) is 1. The quantitative estimate of drug-likeness (QED) is 0.502. The fourth-order valence-corrected chi connectivity index (χ4v) is 4.47. The molecule has 6 heteroatoms. The molecular formula is C26H27N5O. The summed E-state index contributed by atoms with van der Waals surface area (Å²) in [5.74, 6) is -0.160. The van der Waals surface area contributed by atoms with Gasteiger partial charge in [0.2, 0.25) is 0 Å². The predicted molar refractivity (Wildman–Crippen MR) is 125 cm³/mol. The maximum Gasteiger partial charge on any atom is 0.257 e. The Morgan fingerprint density at radius 2 is 1.81 bits per heavy atom. The molecule has 1 aliphatic heterocycles. The number of nitrogens with one attached hydrogen (secondary N) is 1. The molecule has 162 valence electrons. The van der Waals surface area contributed by atoms with E-state index in [1.54, 1.807) is 23.0 Å². The maximum absolute atomic E-state index is 13.0. The van der Waals surface area contributed by atoms with Crippen LogP contribution in [-0.4, -0.2) is 38.5 Å². The largest absolute Gasteiger partial charge is 0.348 e. The van der Waals surface area contributed by atoms with Crippen LogP contribution in [0.25, 0.3) is 16.8 Å². The molecule has 1 fully saturated rings. The van der Waals surface area contributed by atoms with E-state index in [-0.39, 0.29) is 5.91 Å². The van der Waals surface area contributed by atoms with Gasteiger partial charge < -0.3 is 5.32 Å². The second-order valence-corrected chi connectivity index (χ2v) is 8.37. The Hall–Kier alpha value is -3.51. The summed E-state index contributed by atoms with van der Waals surface area (Å²) in [5, 5.41) is 7.45. The van der Waals surface area contributed by atoms with Gasteiger partial charge in [0.25, 0.3) is 5.91 Å². The molecule has 0 unspecified atom stereocenters. The van der Waals surface area contributed by atoms with Gasteiger partial charge in [-0.15, -0.1) is 0 Å². The first kappa shape index (κ1) is 20.4. The Morgan fingerprint density at radius 1 is 1.03 bits per heavy atom. The Morgan fingerprint density at radius 3 is 2.62 bits per heavy atom. The van der Waals surface area contributed by atoms with Gasteiger partial charge in [0, 0.05) is 25.5 Å². The van der Waals surface area contributed by atoms with Crippen LogP contribution in [0, 0.1) is 6.92 Å². The number of hydrogen-bond acceptors (Lipinski definition) is 4. The standard InChI is InChI=1S/C26H27N5O/c1-19-24(25-27-13-6-16-31(25)29-19)26(32)28-17-22-7-2-3-8-23(22)21-11-9-20(10-12-21)18-30-14-4-5-15-30/h2-3,6-13,16H,4-5,14-15,17-18H2,1H3,(H,28,32). The van der Waals surface area contributed by atoms with Gasteiger partial charge in [-0.25, -0.2) is 9.50 Å². The number of nitrogens with zero attached hydrogens (tertiary/aromatic N) is 4. The number of fused-ring (bicyclic) bond motifs is 1. The number of carbonyl (C=O) groups is 1. The maximum atomic E-state index is 13.0. The SMILES string of the molecule is Cc1nn2cccnc2c1C(=O)NCc1ccccc1-c1ccc(CN2CCCC2)cc1.